The Labute approximate surface area is 118 Å². The first kappa shape index (κ1) is 12.7. The summed E-state index contributed by atoms with van der Waals surface area (Å²) in [5.41, 5.74) is 3.20. The van der Waals surface area contributed by atoms with Crippen molar-refractivity contribution in [3.05, 3.63) is 59.9 Å². The molecular formula is C16H17N3O. The molecule has 1 aliphatic heterocycles. The minimum absolute atomic E-state index is 0.0155. The van der Waals surface area contributed by atoms with Gasteiger partial charge in [-0.2, -0.15) is 0 Å². The normalized spacial score (nSPS) is 17.9. The van der Waals surface area contributed by atoms with Gasteiger partial charge in [-0.05, 0) is 36.2 Å². The molecule has 2 heterocycles. The minimum atomic E-state index is -0.115. The van der Waals surface area contributed by atoms with Crippen molar-refractivity contribution in [1.29, 1.82) is 0 Å². The van der Waals surface area contributed by atoms with E-state index in [2.05, 4.69) is 15.6 Å². The van der Waals surface area contributed by atoms with E-state index < -0.39 is 0 Å². The van der Waals surface area contributed by atoms with Crippen LogP contribution in [0.15, 0.2) is 48.8 Å². The SMILES string of the molecule is C[C@@H](NC(=O)C1CNc2ccccc21)c1ccncc1. The molecule has 0 aliphatic carbocycles. The third-order valence-electron chi connectivity index (χ3n) is 3.71. The Morgan fingerprint density at radius 3 is 2.85 bits per heavy atom. The molecule has 0 saturated carbocycles. The summed E-state index contributed by atoms with van der Waals surface area (Å²) in [7, 11) is 0. The van der Waals surface area contributed by atoms with E-state index in [0.29, 0.717) is 6.54 Å². The summed E-state index contributed by atoms with van der Waals surface area (Å²) in [5.74, 6) is -0.0535. The number of rotatable bonds is 3. The van der Waals surface area contributed by atoms with Crippen LogP contribution in [0.4, 0.5) is 5.69 Å². The van der Waals surface area contributed by atoms with Crippen LogP contribution in [-0.2, 0) is 4.79 Å². The van der Waals surface area contributed by atoms with Gasteiger partial charge >= 0.3 is 0 Å². The molecule has 3 rings (SSSR count). The predicted octanol–water partition coefficient (Wildman–Crippen LogP) is 2.47. The fourth-order valence-corrected chi connectivity index (χ4v) is 2.57. The number of amides is 1. The van der Waals surface area contributed by atoms with Crippen LogP contribution in [0.1, 0.15) is 30.0 Å². The highest BCUT2D eigenvalue weighted by Gasteiger charge is 2.28. The van der Waals surface area contributed by atoms with Crippen molar-refractivity contribution in [2.24, 2.45) is 0 Å². The summed E-state index contributed by atoms with van der Waals surface area (Å²) in [4.78, 5) is 16.4. The Kier molecular flexibility index (Phi) is 3.37. The molecule has 2 N–H and O–H groups in total. The van der Waals surface area contributed by atoms with Crippen molar-refractivity contribution in [3.63, 3.8) is 0 Å². The van der Waals surface area contributed by atoms with E-state index >= 15 is 0 Å². The highest BCUT2D eigenvalue weighted by Crippen LogP contribution is 2.31. The number of anilines is 1. The van der Waals surface area contributed by atoms with E-state index in [9.17, 15) is 4.79 Å². The van der Waals surface area contributed by atoms with Gasteiger partial charge in [0.15, 0.2) is 0 Å². The van der Waals surface area contributed by atoms with Crippen LogP contribution in [0.5, 0.6) is 0 Å². The second kappa shape index (κ2) is 5.33. The van der Waals surface area contributed by atoms with E-state index in [-0.39, 0.29) is 17.9 Å². The van der Waals surface area contributed by atoms with Gasteiger partial charge in [-0.15, -0.1) is 0 Å². The van der Waals surface area contributed by atoms with Gasteiger partial charge in [-0.1, -0.05) is 18.2 Å². The van der Waals surface area contributed by atoms with Crippen molar-refractivity contribution in [3.8, 4) is 0 Å². The number of para-hydroxylation sites is 1. The van der Waals surface area contributed by atoms with E-state index in [0.717, 1.165) is 16.8 Å². The molecule has 1 aromatic carbocycles. The summed E-state index contributed by atoms with van der Waals surface area (Å²) in [6.07, 6.45) is 3.48. The Balaban J connectivity index is 1.72. The van der Waals surface area contributed by atoms with Crippen molar-refractivity contribution < 1.29 is 4.79 Å². The van der Waals surface area contributed by atoms with Crippen LogP contribution in [0, 0.1) is 0 Å². The lowest BCUT2D eigenvalue weighted by molar-refractivity contribution is -0.122. The van der Waals surface area contributed by atoms with Crippen LogP contribution in [0.25, 0.3) is 0 Å². The Bertz CT molecular complexity index is 612. The number of aromatic nitrogens is 1. The summed E-state index contributed by atoms with van der Waals surface area (Å²) in [6.45, 7) is 2.65. The first-order chi connectivity index (χ1) is 9.75. The lowest BCUT2D eigenvalue weighted by Gasteiger charge is -2.17. The molecule has 1 amide bonds. The van der Waals surface area contributed by atoms with Gasteiger partial charge in [0.1, 0.15) is 0 Å². The molecule has 2 atom stereocenters. The molecule has 0 bridgehead atoms. The molecule has 0 radical (unpaired) electrons. The summed E-state index contributed by atoms with van der Waals surface area (Å²) in [6, 6.07) is 11.8. The van der Waals surface area contributed by atoms with E-state index in [1.165, 1.54) is 0 Å². The van der Waals surface area contributed by atoms with Gasteiger partial charge in [-0.25, -0.2) is 0 Å². The molecule has 102 valence electrons. The largest absolute Gasteiger partial charge is 0.384 e. The number of hydrogen-bond acceptors (Lipinski definition) is 3. The van der Waals surface area contributed by atoms with Crippen LogP contribution < -0.4 is 10.6 Å². The molecule has 1 aromatic heterocycles. The van der Waals surface area contributed by atoms with Gasteiger partial charge < -0.3 is 10.6 Å². The maximum Gasteiger partial charge on any atom is 0.229 e. The Hall–Kier alpha value is -2.36. The number of carbonyl (C=O) groups excluding carboxylic acids is 1. The summed E-state index contributed by atoms with van der Waals surface area (Å²) in [5, 5.41) is 6.35. The third kappa shape index (κ3) is 2.37. The zero-order valence-electron chi connectivity index (χ0n) is 11.3. The van der Waals surface area contributed by atoms with Crippen LogP contribution >= 0.6 is 0 Å². The fourth-order valence-electron chi connectivity index (χ4n) is 2.57. The molecule has 4 heteroatoms. The number of benzene rings is 1. The molecule has 0 fully saturated rings. The highest BCUT2D eigenvalue weighted by molar-refractivity contribution is 5.88. The maximum absolute atomic E-state index is 12.4. The predicted molar refractivity (Wildman–Crippen MR) is 78.5 cm³/mol. The van der Waals surface area contributed by atoms with E-state index in [4.69, 9.17) is 0 Å². The zero-order valence-corrected chi connectivity index (χ0v) is 11.3. The van der Waals surface area contributed by atoms with E-state index in [1.807, 2.05) is 43.3 Å². The third-order valence-corrected chi connectivity index (χ3v) is 3.71. The maximum atomic E-state index is 12.4. The topological polar surface area (TPSA) is 54.0 Å². The number of carbonyl (C=O) groups is 1. The molecule has 0 spiro atoms. The van der Waals surface area contributed by atoms with Gasteiger partial charge in [0.25, 0.3) is 0 Å². The number of pyridine rings is 1. The zero-order chi connectivity index (χ0) is 13.9. The lowest BCUT2D eigenvalue weighted by atomic mass is 9.99. The van der Waals surface area contributed by atoms with Crippen LogP contribution in [0.2, 0.25) is 0 Å². The average molecular weight is 267 g/mol. The van der Waals surface area contributed by atoms with Crippen molar-refractivity contribution in [2.75, 3.05) is 11.9 Å². The first-order valence-corrected chi connectivity index (χ1v) is 6.79. The summed E-state index contributed by atoms with van der Waals surface area (Å²) >= 11 is 0. The highest BCUT2D eigenvalue weighted by atomic mass is 16.2. The van der Waals surface area contributed by atoms with Gasteiger partial charge in [0.05, 0.1) is 12.0 Å². The molecule has 1 aliphatic rings. The van der Waals surface area contributed by atoms with Crippen LogP contribution in [-0.4, -0.2) is 17.4 Å². The first-order valence-electron chi connectivity index (χ1n) is 6.79. The standard InChI is InChI=1S/C16H17N3O/c1-11(12-6-8-17-9-7-12)19-16(20)14-10-18-15-5-3-2-4-13(14)15/h2-9,11,14,18H,10H2,1H3,(H,19,20)/t11-,14?/m1/s1. The second-order valence-corrected chi connectivity index (χ2v) is 5.03. The minimum Gasteiger partial charge on any atom is -0.384 e. The molecule has 4 nitrogen and oxygen atoms in total. The van der Waals surface area contributed by atoms with Gasteiger partial charge in [0.2, 0.25) is 5.91 Å². The molecule has 2 aromatic rings. The number of fused-ring (bicyclic) bond motifs is 1. The second-order valence-electron chi connectivity index (χ2n) is 5.03. The molecular weight excluding hydrogens is 250 g/mol. The van der Waals surface area contributed by atoms with Crippen molar-refractivity contribution in [1.82, 2.24) is 10.3 Å². The van der Waals surface area contributed by atoms with Gasteiger partial charge in [0, 0.05) is 24.6 Å². The summed E-state index contributed by atoms with van der Waals surface area (Å²) < 4.78 is 0. The van der Waals surface area contributed by atoms with Crippen molar-refractivity contribution >= 4 is 11.6 Å². The quantitative estimate of drug-likeness (QED) is 0.898. The Morgan fingerprint density at radius 1 is 1.30 bits per heavy atom. The smallest absolute Gasteiger partial charge is 0.229 e. The molecule has 20 heavy (non-hydrogen) atoms. The average Bonchev–Trinajstić information content (AvgIpc) is 2.92. The monoisotopic (exact) mass is 267 g/mol. The Morgan fingerprint density at radius 2 is 2.05 bits per heavy atom. The van der Waals surface area contributed by atoms with Gasteiger partial charge in [-0.3, -0.25) is 9.78 Å². The number of hydrogen-bond donors (Lipinski definition) is 2. The van der Waals surface area contributed by atoms with E-state index in [1.54, 1.807) is 12.4 Å². The van der Waals surface area contributed by atoms with Crippen molar-refractivity contribution in [2.45, 2.75) is 18.9 Å². The fraction of sp³-hybridized carbons (Fsp3) is 0.250. The number of nitrogens with one attached hydrogen (secondary N) is 2. The molecule has 0 saturated heterocycles. The van der Waals surface area contributed by atoms with Crippen LogP contribution in [0.3, 0.4) is 0 Å². The molecule has 1 unspecified atom stereocenters. The number of nitrogens with zero attached hydrogens (tertiary/aromatic N) is 1. The lowest BCUT2D eigenvalue weighted by Crippen LogP contribution is -2.32.